The molecule has 1 aromatic rings. The van der Waals surface area contributed by atoms with Gasteiger partial charge in [-0.05, 0) is 18.2 Å². The van der Waals surface area contributed by atoms with Crippen LogP contribution < -0.4 is 5.32 Å². The Hall–Kier alpha value is -1.71. The largest absolute Gasteiger partial charge is 0.480 e. The Kier molecular flexibility index (Phi) is 4.17. The molecule has 1 aromatic carbocycles. The third-order valence-electron chi connectivity index (χ3n) is 2.91. The number of carboxylic acids is 1. The van der Waals surface area contributed by atoms with Crippen LogP contribution in [0.2, 0.25) is 5.02 Å². The van der Waals surface area contributed by atoms with Crippen LogP contribution in [-0.4, -0.2) is 48.8 Å². The SMILES string of the molecule is O=C1CN(S(=O)(=O)c2ccc(F)cc2Cl)C(C(=O)O)CN1. The summed E-state index contributed by atoms with van der Waals surface area (Å²) in [5, 5.41) is 11.0. The highest BCUT2D eigenvalue weighted by Gasteiger charge is 2.41. The van der Waals surface area contributed by atoms with Gasteiger partial charge in [-0.1, -0.05) is 11.6 Å². The molecule has 2 rings (SSSR count). The standard InChI is InChI=1S/C11H10ClFN2O5S/c12-7-3-6(13)1-2-9(7)21(19,20)15-5-10(16)14-4-8(15)11(17)18/h1-3,8H,4-5H2,(H,14,16)(H,17,18). The molecular weight excluding hydrogens is 327 g/mol. The normalized spacial score (nSPS) is 20.1. The molecule has 114 valence electrons. The minimum atomic E-state index is -4.34. The average molecular weight is 337 g/mol. The van der Waals surface area contributed by atoms with Crippen LogP contribution in [0.1, 0.15) is 0 Å². The molecular formula is C11H10ClFN2O5S. The van der Waals surface area contributed by atoms with Crippen LogP contribution >= 0.6 is 11.6 Å². The maximum atomic E-state index is 13.0. The molecule has 7 nitrogen and oxygen atoms in total. The van der Waals surface area contributed by atoms with Gasteiger partial charge in [0.1, 0.15) is 16.8 Å². The number of carboxylic acid groups (broad SMARTS) is 1. The summed E-state index contributed by atoms with van der Waals surface area (Å²) in [6.07, 6.45) is 0. The fourth-order valence-electron chi connectivity index (χ4n) is 1.89. The maximum Gasteiger partial charge on any atom is 0.323 e. The van der Waals surface area contributed by atoms with E-state index in [2.05, 4.69) is 5.32 Å². The molecule has 1 aliphatic heterocycles. The summed E-state index contributed by atoms with van der Waals surface area (Å²) in [6, 6.07) is 1.17. The second-order valence-corrected chi connectivity index (χ2v) is 6.55. The number of rotatable bonds is 3. The zero-order valence-electron chi connectivity index (χ0n) is 10.4. The van der Waals surface area contributed by atoms with Crippen molar-refractivity contribution in [2.24, 2.45) is 0 Å². The van der Waals surface area contributed by atoms with E-state index < -0.39 is 45.2 Å². The van der Waals surface area contributed by atoms with Crippen LogP contribution in [-0.2, 0) is 19.6 Å². The van der Waals surface area contributed by atoms with E-state index in [4.69, 9.17) is 16.7 Å². The Bertz CT molecular complexity index is 709. The summed E-state index contributed by atoms with van der Waals surface area (Å²) in [4.78, 5) is 22.0. The topological polar surface area (TPSA) is 104 Å². The van der Waals surface area contributed by atoms with E-state index in [1.165, 1.54) is 0 Å². The van der Waals surface area contributed by atoms with Gasteiger partial charge in [0.2, 0.25) is 15.9 Å². The molecule has 1 aliphatic rings. The third kappa shape index (κ3) is 2.99. The van der Waals surface area contributed by atoms with E-state index in [0.29, 0.717) is 4.31 Å². The highest BCUT2D eigenvalue weighted by molar-refractivity contribution is 7.89. The minimum Gasteiger partial charge on any atom is -0.480 e. The molecule has 0 aromatic heterocycles. The summed E-state index contributed by atoms with van der Waals surface area (Å²) >= 11 is 5.70. The van der Waals surface area contributed by atoms with Gasteiger partial charge in [0, 0.05) is 6.54 Å². The van der Waals surface area contributed by atoms with E-state index in [1.54, 1.807) is 0 Å². The van der Waals surface area contributed by atoms with Crippen LogP contribution in [0, 0.1) is 5.82 Å². The number of nitrogens with zero attached hydrogens (tertiary/aromatic N) is 1. The molecule has 1 fully saturated rings. The average Bonchev–Trinajstić information content (AvgIpc) is 2.37. The van der Waals surface area contributed by atoms with Crippen LogP contribution in [0.5, 0.6) is 0 Å². The van der Waals surface area contributed by atoms with Gasteiger partial charge < -0.3 is 10.4 Å². The van der Waals surface area contributed by atoms with E-state index in [1.807, 2.05) is 0 Å². The van der Waals surface area contributed by atoms with Gasteiger partial charge in [-0.2, -0.15) is 4.31 Å². The lowest BCUT2D eigenvalue weighted by Gasteiger charge is -2.31. The summed E-state index contributed by atoms with van der Waals surface area (Å²) in [6.45, 7) is -1.00. The first-order chi connectivity index (χ1) is 9.73. The van der Waals surface area contributed by atoms with E-state index in [0.717, 1.165) is 18.2 Å². The molecule has 1 saturated heterocycles. The van der Waals surface area contributed by atoms with Crippen molar-refractivity contribution in [1.29, 1.82) is 0 Å². The van der Waals surface area contributed by atoms with Gasteiger partial charge in [0.25, 0.3) is 0 Å². The van der Waals surface area contributed by atoms with E-state index in [9.17, 15) is 22.4 Å². The second kappa shape index (κ2) is 5.58. The number of carbonyl (C=O) groups excluding carboxylic acids is 1. The Morgan fingerprint density at radius 3 is 2.71 bits per heavy atom. The highest BCUT2D eigenvalue weighted by atomic mass is 35.5. The summed E-state index contributed by atoms with van der Waals surface area (Å²) in [5.41, 5.74) is 0. The number of benzene rings is 1. The zero-order chi connectivity index (χ0) is 15.8. The van der Waals surface area contributed by atoms with Crippen molar-refractivity contribution in [3.8, 4) is 0 Å². The lowest BCUT2D eigenvalue weighted by Crippen LogP contribution is -2.59. The molecule has 0 bridgehead atoms. The number of amides is 1. The number of sulfonamides is 1. The van der Waals surface area contributed by atoms with Gasteiger partial charge in [-0.25, -0.2) is 12.8 Å². The zero-order valence-corrected chi connectivity index (χ0v) is 12.0. The number of carbonyl (C=O) groups is 2. The van der Waals surface area contributed by atoms with Crippen molar-refractivity contribution in [2.75, 3.05) is 13.1 Å². The fraction of sp³-hybridized carbons (Fsp3) is 0.273. The van der Waals surface area contributed by atoms with Crippen molar-refractivity contribution < 1.29 is 27.5 Å². The van der Waals surface area contributed by atoms with Crippen LogP contribution in [0.3, 0.4) is 0 Å². The van der Waals surface area contributed by atoms with Crippen molar-refractivity contribution in [1.82, 2.24) is 9.62 Å². The number of hydrogen-bond acceptors (Lipinski definition) is 4. The molecule has 0 aliphatic carbocycles. The van der Waals surface area contributed by atoms with Gasteiger partial charge in [0.15, 0.2) is 0 Å². The monoisotopic (exact) mass is 336 g/mol. The third-order valence-corrected chi connectivity index (χ3v) is 5.24. The fourth-order valence-corrected chi connectivity index (χ4v) is 3.94. The number of halogens is 2. The summed E-state index contributed by atoms with van der Waals surface area (Å²) < 4.78 is 38.4. The number of nitrogens with one attached hydrogen (secondary N) is 1. The van der Waals surface area contributed by atoms with Crippen LogP contribution in [0.25, 0.3) is 0 Å². The molecule has 21 heavy (non-hydrogen) atoms. The molecule has 2 N–H and O–H groups in total. The molecule has 1 unspecified atom stereocenters. The molecule has 1 heterocycles. The molecule has 0 saturated carbocycles. The summed E-state index contributed by atoms with van der Waals surface area (Å²) in [7, 11) is -4.34. The lowest BCUT2D eigenvalue weighted by molar-refractivity contribution is -0.143. The molecule has 10 heteroatoms. The van der Waals surface area contributed by atoms with Gasteiger partial charge in [-0.3, -0.25) is 9.59 Å². The molecule has 0 spiro atoms. The first-order valence-corrected chi connectivity index (χ1v) is 7.51. The first kappa shape index (κ1) is 15.7. The number of hydrogen-bond donors (Lipinski definition) is 2. The van der Waals surface area contributed by atoms with E-state index in [-0.39, 0.29) is 11.6 Å². The van der Waals surface area contributed by atoms with Gasteiger partial charge >= 0.3 is 5.97 Å². The van der Waals surface area contributed by atoms with Gasteiger partial charge in [0.05, 0.1) is 11.6 Å². The lowest BCUT2D eigenvalue weighted by atomic mass is 10.2. The molecule has 1 atom stereocenters. The van der Waals surface area contributed by atoms with Crippen molar-refractivity contribution in [3.63, 3.8) is 0 Å². The quantitative estimate of drug-likeness (QED) is 0.812. The molecule has 1 amide bonds. The van der Waals surface area contributed by atoms with Gasteiger partial charge in [-0.15, -0.1) is 0 Å². The predicted octanol–water partition coefficient (Wildman–Crippen LogP) is 0.0528. The maximum absolute atomic E-state index is 13.0. The summed E-state index contributed by atoms with van der Waals surface area (Å²) in [5.74, 6) is -2.77. The van der Waals surface area contributed by atoms with Crippen molar-refractivity contribution in [2.45, 2.75) is 10.9 Å². The smallest absolute Gasteiger partial charge is 0.323 e. The van der Waals surface area contributed by atoms with Crippen LogP contribution in [0.15, 0.2) is 23.1 Å². The number of aliphatic carboxylic acids is 1. The number of piperazine rings is 1. The Morgan fingerprint density at radius 1 is 1.48 bits per heavy atom. The van der Waals surface area contributed by atoms with Crippen molar-refractivity contribution >= 4 is 33.5 Å². The van der Waals surface area contributed by atoms with E-state index >= 15 is 0 Å². The predicted molar refractivity (Wildman–Crippen MR) is 69.7 cm³/mol. The Morgan fingerprint density at radius 2 is 2.14 bits per heavy atom. The Balaban J connectivity index is 2.49. The second-order valence-electron chi connectivity index (χ2n) is 4.28. The van der Waals surface area contributed by atoms with Crippen LogP contribution in [0.4, 0.5) is 4.39 Å². The first-order valence-electron chi connectivity index (χ1n) is 5.70. The minimum absolute atomic E-state index is 0.355. The molecule has 0 radical (unpaired) electrons. The Labute approximate surface area is 124 Å². The van der Waals surface area contributed by atoms with Crippen molar-refractivity contribution in [3.05, 3.63) is 29.0 Å². The highest BCUT2D eigenvalue weighted by Crippen LogP contribution is 2.27.